The topological polar surface area (TPSA) is 105 Å². The first kappa shape index (κ1) is 15.7. The van der Waals surface area contributed by atoms with E-state index in [2.05, 4.69) is 5.11 Å². The van der Waals surface area contributed by atoms with Crippen LogP contribution in [-0.4, -0.2) is 60.0 Å². The maximum atomic E-state index is 12.3. The van der Waals surface area contributed by atoms with Crippen molar-refractivity contribution in [3.05, 3.63) is 0 Å². The lowest BCUT2D eigenvalue weighted by atomic mass is 10.1. The SMILES string of the molecule is CC(=O)O[C@H](CN=N)[C@@H]1[C@@H]2O[C@@H]2CN1C(=O)OC(C)(C)C. The molecule has 118 valence electrons. The summed E-state index contributed by atoms with van der Waals surface area (Å²) in [6, 6.07) is -0.456. The molecule has 0 bridgehead atoms. The molecule has 0 saturated carbocycles. The highest BCUT2D eigenvalue weighted by Gasteiger charge is 2.60. The third kappa shape index (κ3) is 3.69. The van der Waals surface area contributed by atoms with Gasteiger partial charge in [-0.1, -0.05) is 0 Å². The van der Waals surface area contributed by atoms with E-state index < -0.39 is 29.8 Å². The molecule has 0 aliphatic carbocycles. The van der Waals surface area contributed by atoms with Crippen LogP contribution in [0.4, 0.5) is 4.79 Å². The van der Waals surface area contributed by atoms with Crippen LogP contribution in [0.25, 0.3) is 0 Å². The molecule has 1 amide bonds. The summed E-state index contributed by atoms with van der Waals surface area (Å²) in [4.78, 5) is 25.0. The monoisotopic (exact) mass is 299 g/mol. The maximum absolute atomic E-state index is 12.3. The first-order chi connectivity index (χ1) is 9.73. The van der Waals surface area contributed by atoms with Crippen LogP contribution >= 0.6 is 0 Å². The number of nitrogens with zero attached hydrogens (tertiary/aromatic N) is 2. The van der Waals surface area contributed by atoms with E-state index in [-0.39, 0.29) is 18.8 Å². The molecule has 2 aliphatic heterocycles. The summed E-state index contributed by atoms with van der Waals surface area (Å²) in [7, 11) is 0. The van der Waals surface area contributed by atoms with E-state index in [1.54, 1.807) is 20.8 Å². The molecule has 0 spiro atoms. The van der Waals surface area contributed by atoms with Gasteiger partial charge < -0.3 is 14.2 Å². The fourth-order valence-corrected chi connectivity index (χ4v) is 2.54. The number of morpholine rings is 1. The first-order valence-electron chi connectivity index (χ1n) is 6.88. The van der Waals surface area contributed by atoms with Gasteiger partial charge in [-0.15, -0.1) is 0 Å². The lowest BCUT2D eigenvalue weighted by Crippen LogP contribution is -2.51. The second-order valence-corrected chi connectivity index (χ2v) is 6.25. The van der Waals surface area contributed by atoms with E-state index in [1.165, 1.54) is 11.8 Å². The molecule has 0 aromatic rings. The average Bonchev–Trinajstić information content (AvgIpc) is 2.97. The molecule has 4 atom stereocenters. The normalized spacial score (nSPS) is 28.6. The summed E-state index contributed by atoms with van der Waals surface area (Å²) >= 11 is 0. The number of epoxide rings is 1. The highest BCUT2D eigenvalue weighted by Crippen LogP contribution is 2.39. The second kappa shape index (κ2) is 5.59. The molecule has 2 fully saturated rings. The Balaban J connectivity index is 2.12. The Morgan fingerprint density at radius 3 is 2.67 bits per heavy atom. The molecule has 0 aromatic carbocycles. The van der Waals surface area contributed by atoms with Crippen molar-refractivity contribution in [2.75, 3.05) is 13.1 Å². The molecule has 8 nitrogen and oxygen atoms in total. The highest BCUT2D eigenvalue weighted by atomic mass is 16.6. The van der Waals surface area contributed by atoms with Gasteiger partial charge in [-0.05, 0) is 20.8 Å². The number of hydrogen-bond acceptors (Lipinski definition) is 7. The predicted molar refractivity (Wildman–Crippen MR) is 71.0 cm³/mol. The molecule has 2 heterocycles. The summed E-state index contributed by atoms with van der Waals surface area (Å²) in [5, 5.41) is 3.29. The lowest BCUT2D eigenvalue weighted by Gasteiger charge is -2.33. The average molecular weight is 299 g/mol. The van der Waals surface area contributed by atoms with E-state index in [9.17, 15) is 9.59 Å². The molecular formula is C13H21N3O5. The van der Waals surface area contributed by atoms with E-state index >= 15 is 0 Å². The minimum absolute atomic E-state index is 0.00384. The summed E-state index contributed by atoms with van der Waals surface area (Å²) in [5.74, 6) is -0.475. The maximum Gasteiger partial charge on any atom is 0.410 e. The Morgan fingerprint density at radius 2 is 2.14 bits per heavy atom. The van der Waals surface area contributed by atoms with Gasteiger partial charge in [0.2, 0.25) is 0 Å². The molecule has 21 heavy (non-hydrogen) atoms. The molecule has 8 heteroatoms. The number of hydrogen-bond donors (Lipinski definition) is 1. The van der Waals surface area contributed by atoms with E-state index in [0.29, 0.717) is 6.54 Å². The van der Waals surface area contributed by atoms with Gasteiger partial charge in [0, 0.05) is 6.92 Å². The van der Waals surface area contributed by atoms with Gasteiger partial charge in [0.25, 0.3) is 0 Å². The van der Waals surface area contributed by atoms with Crippen LogP contribution in [0.15, 0.2) is 5.11 Å². The summed E-state index contributed by atoms with van der Waals surface area (Å²) in [5.41, 5.74) is 6.39. The number of nitrogens with one attached hydrogen (secondary N) is 1. The van der Waals surface area contributed by atoms with Crippen molar-refractivity contribution in [2.45, 2.75) is 57.6 Å². The molecule has 0 aromatic heterocycles. The number of amides is 1. The first-order valence-corrected chi connectivity index (χ1v) is 6.88. The van der Waals surface area contributed by atoms with Gasteiger partial charge in [-0.25, -0.2) is 10.3 Å². The second-order valence-electron chi connectivity index (χ2n) is 6.25. The Hall–Kier alpha value is -1.70. The molecule has 0 unspecified atom stereocenters. The smallest absolute Gasteiger partial charge is 0.410 e. The Bertz CT molecular complexity index is 448. The zero-order valence-corrected chi connectivity index (χ0v) is 12.7. The minimum Gasteiger partial charge on any atom is -0.458 e. The fourth-order valence-electron chi connectivity index (χ4n) is 2.54. The number of rotatable bonds is 4. The largest absolute Gasteiger partial charge is 0.458 e. The number of carbonyl (C=O) groups is 2. The summed E-state index contributed by atoms with van der Waals surface area (Å²) in [6.07, 6.45) is -1.38. The van der Waals surface area contributed by atoms with Crippen molar-refractivity contribution in [1.82, 2.24) is 4.90 Å². The highest BCUT2D eigenvalue weighted by molar-refractivity contribution is 5.70. The van der Waals surface area contributed by atoms with Gasteiger partial charge in [0.15, 0.2) is 0 Å². The number of ether oxygens (including phenoxy) is 3. The number of fused-ring (bicyclic) bond motifs is 1. The van der Waals surface area contributed by atoms with E-state index in [1.807, 2.05) is 0 Å². The van der Waals surface area contributed by atoms with Crippen LogP contribution in [0.5, 0.6) is 0 Å². The Morgan fingerprint density at radius 1 is 1.48 bits per heavy atom. The van der Waals surface area contributed by atoms with Crippen LogP contribution in [0.3, 0.4) is 0 Å². The van der Waals surface area contributed by atoms with Gasteiger partial charge in [0.1, 0.15) is 30.0 Å². The zero-order chi connectivity index (χ0) is 15.8. The van der Waals surface area contributed by atoms with Crippen molar-refractivity contribution < 1.29 is 23.8 Å². The zero-order valence-electron chi connectivity index (χ0n) is 12.7. The standard InChI is InChI=1S/C13H21N3O5/c1-7(17)19-8(5-15-14)10-11-9(20-11)6-16(10)12(18)21-13(2,3)4/h8-11,14H,5-6H2,1-4H3/t8-,9-,10-,11-/m1/s1. The van der Waals surface area contributed by atoms with Crippen molar-refractivity contribution >= 4 is 12.1 Å². The van der Waals surface area contributed by atoms with Crippen LogP contribution in [0.1, 0.15) is 27.7 Å². The Labute approximate surface area is 123 Å². The van der Waals surface area contributed by atoms with Crippen LogP contribution < -0.4 is 0 Å². The van der Waals surface area contributed by atoms with Gasteiger partial charge in [-0.3, -0.25) is 9.69 Å². The predicted octanol–water partition coefficient (Wildman–Crippen LogP) is 1.34. The molecule has 0 radical (unpaired) electrons. The minimum atomic E-state index is -0.690. The van der Waals surface area contributed by atoms with Crippen molar-refractivity contribution in [3.63, 3.8) is 0 Å². The van der Waals surface area contributed by atoms with Gasteiger partial charge in [-0.2, -0.15) is 5.11 Å². The van der Waals surface area contributed by atoms with Crippen LogP contribution in [0, 0.1) is 5.53 Å². The van der Waals surface area contributed by atoms with E-state index in [4.69, 9.17) is 19.7 Å². The molecule has 2 aliphatic rings. The number of esters is 1. The summed E-state index contributed by atoms with van der Waals surface area (Å²) < 4.78 is 16.0. The van der Waals surface area contributed by atoms with Crippen LogP contribution in [-0.2, 0) is 19.0 Å². The van der Waals surface area contributed by atoms with E-state index in [0.717, 1.165) is 0 Å². The lowest BCUT2D eigenvalue weighted by molar-refractivity contribution is -0.149. The fraction of sp³-hybridized carbons (Fsp3) is 0.846. The molecule has 1 N–H and O–H groups in total. The number of carbonyl (C=O) groups excluding carboxylic acids is 2. The quantitative estimate of drug-likeness (QED) is 0.479. The van der Waals surface area contributed by atoms with Crippen molar-refractivity contribution in [2.24, 2.45) is 5.11 Å². The van der Waals surface area contributed by atoms with Crippen LogP contribution in [0.2, 0.25) is 0 Å². The number of likely N-dealkylation sites (tertiary alicyclic amines) is 1. The molecular weight excluding hydrogens is 278 g/mol. The third-order valence-electron chi connectivity index (χ3n) is 3.29. The Kier molecular flexibility index (Phi) is 4.18. The van der Waals surface area contributed by atoms with Gasteiger partial charge in [0.05, 0.1) is 13.1 Å². The van der Waals surface area contributed by atoms with Crippen molar-refractivity contribution in [3.8, 4) is 0 Å². The third-order valence-corrected chi connectivity index (χ3v) is 3.29. The summed E-state index contributed by atoms with van der Waals surface area (Å²) in [6.45, 7) is 7.05. The molecule has 2 rings (SSSR count). The van der Waals surface area contributed by atoms with Crippen molar-refractivity contribution in [1.29, 1.82) is 5.53 Å². The van der Waals surface area contributed by atoms with Gasteiger partial charge >= 0.3 is 12.1 Å². The molecule has 2 saturated heterocycles.